The Balaban J connectivity index is 0.000000164. The Bertz CT molecular complexity index is 718. The average molecular weight is 302 g/mol. The number of carboxylic acids is 1. The molecular weight excluding hydrogens is 288 g/mol. The Morgan fingerprint density at radius 3 is 2.73 bits per heavy atom. The molecule has 0 fully saturated rings. The van der Waals surface area contributed by atoms with E-state index in [1.807, 2.05) is 0 Å². The van der Waals surface area contributed by atoms with E-state index in [4.69, 9.17) is 21.3 Å². The second-order valence-corrected chi connectivity index (χ2v) is 4.34. The Hall–Kier alpha value is -3.29. The maximum absolute atomic E-state index is 10.8. The van der Waals surface area contributed by atoms with Crippen molar-refractivity contribution in [3.63, 3.8) is 0 Å². The predicted molar refractivity (Wildman–Crippen MR) is 80.6 cm³/mol. The molecule has 0 spiro atoms. The van der Waals surface area contributed by atoms with E-state index in [1.165, 1.54) is 12.3 Å². The highest BCUT2D eigenvalue weighted by Gasteiger charge is 2.14. The fourth-order valence-corrected chi connectivity index (χ4v) is 1.69. The number of carbonyl (C=O) groups is 2. The van der Waals surface area contributed by atoms with Crippen LogP contribution in [-0.2, 0) is 4.79 Å². The molecular formula is C14H14N4O4. The van der Waals surface area contributed by atoms with Crippen molar-refractivity contribution in [3.05, 3.63) is 42.2 Å². The van der Waals surface area contributed by atoms with Gasteiger partial charge in [0.25, 0.3) is 5.91 Å². The molecule has 2 aromatic rings. The van der Waals surface area contributed by atoms with E-state index in [2.05, 4.69) is 10.3 Å². The summed E-state index contributed by atoms with van der Waals surface area (Å²) in [7, 11) is 0. The smallest absolute Gasteiger partial charge is 0.356 e. The Morgan fingerprint density at radius 2 is 2.09 bits per heavy atom. The molecule has 1 aliphatic heterocycles. The zero-order valence-electron chi connectivity index (χ0n) is 11.4. The fraction of sp³-hybridized carbons (Fsp3) is 0.0714. The molecule has 1 aromatic carbocycles. The van der Waals surface area contributed by atoms with Gasteiger partial charge < -0.3 is 26.6 Å². The number of fused-ring (bicyclic) bond motifs is 1. The quantitative estimate of drug-likeness (QED) is 0.575. The second-order valence-electron chi connectivity index (χ2n) is 4.34. The van der Waals surface area contributed by atoms with Crippen LogP contribution in [0.5, 0.6) is 5.75 Å². The van der Waals surface area contributed by atoms with Crippen molar-refractivity contribution in [3.8, 4) is 5.75 Å². The van der Waals surface area contributed by atoms with Crippen LogP contribution in [0.3, 0.4) is 0 Å². The van der Waals surface area contributed by atoms with Gasteiger partial charge in [-0.1, -0.05) is 0 Å². The van der Waals surface area contributed by atoms with Gasteiger partial charge in [-0.2, -0.15) is 0 Å². The molecule has 0 saturated heterocycles. The number of benzene rings is 1. The van der Waals surface area contributed by atoms with Crippen LogP contribution in [0.25, 0.3) is 0 Å². The van der Waals surface area contributed by atoms with Crippen LogP contribution in [0.15, 0.2) is 36.5 Å². The third-order valence-corrected chi connectivity index (χ3v) is 2.68. The predicted octanol–water partition coefficient (Wildman–Crippen LogP) is 0.962. The van der Waals surface area contributed by atoms with Gasteiger partial charge in [-0.15, -0.1) is 0 Å². The summed E-state index contributed by atoms with van der Waals surface area (Å²) in [6.07, 6.45) is 1.39. The van der Waals surface area contributed by atoms with Crippen LogP contribution in [0, 0.1) is 0 Å². The van der Waals surface area contributed by atoms with E-state index in [0.29, 0.717) is 17.1 Å². The molecule has 8 nitrogen and oxygen atoms in total. The first-order valence-electron chi connectivity index (χ1n) is 6.23. The number of nitrogens with one attached hydrogen (secondary N) is 1. The van der Waals surface area contributed by atoms with Crippen molar-refractivity contribution in [1.29, 1.82) is 0 Å². The molecule has 2 heterocycles. The van der Waals surface area contributed by atoms with E-state index >= 15 is 0 Å². The Labute approximate surface area is 125 Å². The maximum Gasteiger partial charge on any atom is 0.356 e. The van der Waals surface area contributed by atoms with E-state index < -0.39 is 5.97 Å². The molecule has 1 aliphatic rings. The molecule has 22 heavy (non-hydrogen) atoms. The molecule has 114 valence electrons. The number of carbonyl (C=O) groups excluding carboxylic acids is 1. The zero-order valence-corrected chi connectivity index (χ0v) is 11.4. The Kier molecular flexibility index (Phi) is 4.42. The lowest BCUT2D eigenvalue weighted by Gasteiger charge is -2.17. The summed E-state index contributed by atoms with van der Waals surface area (Å²) in [6, 6.07) is 8.21. The number of hydrogen-bond donors (Lipinski definition) is 4. The molecule has 3 rings (SSSR count). The number of nitrogen functional groups attached to an aromatic ring is 2. The zero-order chi connectivity index (χ0) is 16.1. The largest absolute Gasteiger partial charge is 0.482 e. The van der Waals surface area contributed by atoms with Gasteiger partial charge >= 0.3 is 5.97 Å². The molecule has 0 radical (unpaired) electrons. The third-order valence-electron chi connectivity index (χ3n) is 2.68. The van der Waals surface area contributed by atoms with Crippen molar-refractivity contribution >= 4 is 28.9 Å². The topological polar surface area (TPSA) is 141 Å². The molecule has 6 N–H and O–H groups in total. The second kappa shape index (κ2) is 6.44. The van der Waals surface area contributed by atoms with Crippen LogP contribution in [-0.4, -0.2) is 28.6 Å². The molecule has 0 atom stereocenters. The summed E-state index contributed by atoms with van der Waals surface area (Å²) < 4.78 is 5.12. The summed E-state index contributed by atoms with van der Waals surface area (Å²) in [4.78, 5) is 24.7. The average Bonchev–Trinajstić information content (AvgIpc) is 2.48. The minimum atomic E-state index is -1.10. The van der Waals surface area contributed by atoms with E-state index in [-0.39, 0.29) is 23.9 Å². The number of pyridine rings is 1. The molecule has 8 heteroatoms. The van der Waals surface area contributed by atoms with Crippen LogP contribution in [0.4, 0.5) is 17.1 Å². The minimum Gasteiger partial charge on any atom is -0.482 e. The first kappa shape index (κ1) is 15.1. The summed E-state index contributed by atoms with van der Waals surface area (Å²) in [5.41, 5.74) is 12.2. The number of anilines is 3. The van der Waals surface area contributed by atoms with Gasteiger partial charge in [0.15, 0.2) is 12.3 Å². The van der Waals surface area contributed by atoms with Gasteiger partial charge in [0.2, 0.25) is 0 Å². The van der Waals surface area contributed by atoms with Crippen LogP contribution >= 0.6 is 0 Å². The van der Waals surface area contributed by atoms with Gasteiger partial charge in [0.1, 0.15) is 5.75 Å². The van der Waals surface area contributed by atoms with Crippen LogP contribution < -0.4 is 21.5 Å². The maximum atomic E-state index is 10.8. The number of aromatic nitrogens is 1. The fourth-order valence-electron chi connectivity index (χ4n) is 1.69. The van der Waals surface area contributed by atoms with Crippen LogP contribution in [0.2, 0.25) is 0 Å². The number of aromatic carboxylic acids is 1. The van der Waals surface area contributed by atoms with Gasteiger partial charge in [-0.3, -0.25) is 4.79 Å². The number of rotatable bonds is 1. The monoisotopic (exact) mass is 302 g/mol. The lowest BCUT2D eigenvalue weighted by molar-refractivity contribution is -0.118. The van der Waals surface area contributed by atoms with Crippen LogP contribution in [0.1, 0.15) is 10.5 Å². The number of nitrogens with zero attached hydrogens (tertiary/aromatic N) is 1. The summed E-state index contributed by atoms with van der Waals surface area (Å²) in [5.74, 6) is -0.597. The lowest BCUT2D eigenvalue weighted by atomic mass is 10.2. The summed E-state index contributed by atoms with van der Waals surface area (Å²) in [6.45, 7) is 0.0659. The lowest BCUT2D eigenvalue weighted by Crippen LogP contribution is -2.25. The third kappa shape index (κ3) is 3.63. The number of carboxylic acid groups (broad SMARTS) is 1. The Morgan fingerprint density at radius 1 is 1.32 bits per heavy atom. The number of hydrogen-bond acceptors (Lipinski definition) is 6. The van der Waals surface area contributed by atoms with E-state index in [1.54, 1.807) is 24.3 Å². The van der Waals surface area contributed by atoms with Crippen molar-refractivity contribution in [1.82, 2.24) is 4.98 Å². The normalized spacial score (nSPS) is 12.1. The van der Waals surface area contributed by atoms with Gasteiger partial charge in [-0.25, -0.2) is 9.78 Å². The molecule has 0 aliphatic carbocycles. The molecule has 1 aromatic heterocycles. The minimum absolute atomic E-state index is 0.0659. The van der Waals surface area contributed by atoms with Crippen molar-refractivity contribution in [2.24, 2.45) is 0 Å². The highest BCUT2D eigenvalue weighted by atomic mass is 16.5. The van der Waals surface area contributed by atoms with Crippen molar-refractivity contribution in [2.75, 3.05) is 23.4 Å². The SMILES string of the molecule is Nc1ccc2c(c1)OCC(=O)N2.Nc1cccnc1C(=O)O. The van der Waals surface area contributed by atoms with Gasteiger partial charge in [0, 0.05) is 18.0 Å². The van der Waals surface area contributed by atoms with Crippen molar-refractivity contribution < 1.29 is 19.4 Å². The highest BCUT2D eigenvalue weighted by Crippen LogP contribution is 2.29. The van der Waals surface area contributed by atoms with Crippen molar-refractivity contribution in [2.45, 2.75) is 0 Å². The van der Waals surface area contributed by atoms with Gasteiger partial charge in [0.05, 0.1) is 11.4 Å². The first-order chi connectivity index (χ1) is 10.5. The summed E-state index contributed by atoms with van der Waals surface area (Å²) in [5, 5.41) is 11.1. The highest BCUT2D eigenvalue weighted by molar-refractivity contribution is 5.95. The number of amides is 1. The van der Waals surface area contributed by atoms with Gasteiger partial charge in [-0.05, 0) is 24.3 Å². The van der Waals surface area contributed by atoms with E-state index in [0.717, 1.165) is 0 Å². The molecule has 0 unspecified atom stereocenters. The number of ether oxygens (including phenoxy) is 1. The molecule has 0 bridgehead atoms. The molecule has 0 saturated carbocycles. The number of nitrogens with two attached hydrogens (primary N) is 2. The standard InChI is InChI=1S/C8H8N2O2.C6H6N2O2/c9-5-1-2-6-7(3-5)12-4-8(11)10-6;7-4-2-1-3-8-5(4)6(9)10/h1-3H,4,9H2,(H,10,11);1-3H,7H2,(H,9,10). The van der Waals surface area contributed by atoms with E-state index in [9.17, 15) is 9.59 Å². The molecule has 1 amide bonds. The first-order valence-corrected chi connectivity index (χ1v) is 6.23. The summed E-state index contributed by atoms with van der Waals surface area (Å²) >= 11 is 0.